The predicted octanol–water partition coefficient (Wildman–Crippen LogP) is 4.13. The highest BCUT2D eigenvalue weighted by Crippen LogP contribution is 2.32. The lowest BCUT2D eigenvalue weighted by Crippen LogP contribution is -2.45. The fourth-order valence-corrected chi connectivity index (χ4v) is 4.34. The number of hydrogen-bond acceptors (Lipinski definition) is 4. The molecule has 1 aliphatic rings. The highest BCUT2D eigenvalue weighted by molar-refractivity contribution is 9.10. The number of aliphatic hydroxyl groups excluding tert-OH is 1. The number of carbonyl (C=O) groups excluding carboxylic acids is 1. The molecule has 1 amide bonds. The van der Waals surface area contributed by atoms with Gasteiger partial charge >= 0.3 is 0 Å². The first-order valence-electron chi connectivity index (χ1n) is 10.2. The van der Waals surface area contributed by atoms with Gasteiger partial charge in [-0.25, -0.2) is 0 Å². The normalized spacial score (nSPS) is 16.3. The maximum atomic E-state index is 12.5. The van der Waals surface area contributed by atoms with Gasteiger partial charge in [-0.1, -0.05) is 26.2 Å². The largest absolute Gasteiger partial charge is 0.398 e. The molecule has 5 N–H and O–H groups in total. The van der Waals surface area contributed by atoms with Gasteiger partial charge < -0.3 is 21.5 Å². The van der Waals surface area contributed by atoms with Gasteiger partial charge in [-0.15, -0.1) is 0 Å². The SMILES string of the molecule is CCC1(NCc2cc(C(=O)NCCCCCO)cc(Br)c2N)CCCCC1. The van der Waals surface area contributed by atoms with Crippen LogP contribution >= 0.6 is 15.9 Å². The van der Waals surface area contributed by atoms with Crippen molar-refractivity contribution in [2.45, 2.75) is 76.8 Å². The van der Waals surface area contributed by atoms with Gasteiger partial charge in [0, 0.05) is 35.3 Å². The number of anilines is 1. The van der Waals surface area contributed by atoms with Gasteiger partial charge in [-0.2, -0.15) is 0 Å². The lowest BCUT2D eigenvalue weighted by atomic mass is 9.79. The Hall–Kier alpha value is -1.11. The number of aliphatic hydroxyl groups is 1. The van der Waals surface area contributed by atoms with E-state index in [0.29, 0.717) is 24.3 Å². The molecule has 5 nitrogen and oxygen atoms in total. The van der Waals surface area contributed by atoms with E-state index in [1.165, 1.54) is 32.1 Å². The summed E-state index contributed by atoms with van der Waals surface area (Å²) in [7, 11) is 0. The van der Waals surface area contributed by atoms with Crippen LogP contribution in [0.25, 0.3) is 0 Å². The van der Waals surface area contributed by atoms with Crippen molar-refractivity contribution in [2.24, 2.45) is 0 Å². The number of amides is 1. The van der Waals surface area contributed by atoms with Crippen LogP contribution in [-0.4, -0.2) is 29.7 Å². The molecule has 2 rings (SSSR count). The summed E-state index contributed by atoms with van der Waals surface area (Å²) in [5.74, 6) is -0.0798. The molecular formula is C21H34BrN3O2. The van der Waals surface area contributed by atoms with Crippen molar-refractivity contribution in [3.8, 4) is 0 Å². The highest BCUT2D eigenvalue weighted by Gasteiger charge is 2.29. The maximum absolute atomic E-state index is 12.5. The number of nitrogens with two attached hydrogens (primary N) is 1. The molecule has 0 aliphatic heterocycles. The Labute approximate surface area is 171 Å². The molecule has 1 fully saturated rings. The van der Waals surface area contributed by atoms with Gasteiger partial charge in [0.15, 0.2) is 0 Å². The summed E-state index contributed by atoms with van der Waals surface area (Å²) in [5.41, 5.74) is 8.75. The molecule has 1 aromatic carbocycles. The van der Waals surface area contributed by atoms with E-state index in [0.717, 1.165) is 35.7 Å². The number of hydrogen-bond donors (Lipinski definition) is 4. The fourth-order valence-electron chi connectivity index (χ4n) is 3.84. The van der Waals surface area contributed by atoms with E-state index in [1.807, 2.05) is 6.07 Å². The lowest BCUT2D eigenvalue weighted by Gasteiger charge is -2.38. The van der Waals surface area contributed by atoms with Crippen LogP contribution in [0.3, 0.4) is 0 Å². The third-order valence-electron chi connectivity index (χ3n) is 5.74. The molecule has 0 heterocycles. The minimum atomic E-state index is -0.0798. The molecule has 152 valence electrons. The van der Waals surface area contributed by atoms with Crippen molar-refractivity contribution in [3.63, 3.8) is 0 Å². The number of nitrogens with one attached hydrogen (secondary N) is 2. The number of benzene rings is 1. The number of halogens is 1. The Bertz CT molecular complexity index is 616. The Morgan fingerprint density at radius 1 is 1.22 bits per heavy atom. The monoisotopic (exact) mass is 439 g/mol. The minimum Gasteiger partial charge on any atom is -0.398 e. The summed E-state index contributed by atoms with van der Waals surface area (Å²) in [6, 6.07) is 3.69. The minimum absolute atomic E-state index is 0.0798. The van der Waals surface area contributed by atoms with Gasteiger partial charge in [0.1, 0.15) is 0 Å². The molecule has 1 saturated carbocycles. The Morgan fingerprint density at radius 2 is 1.96 bits per heavy atom. The molecule has 0 aromatic heterocycles. The van der Waals surface area contributed by atoms with Crippen LogP contribution in [0.4, 0.5) is 5.69 Å². The van der Waals surface area contributed by atoms with Crippen LogP contribution in [0, 0.1) is 0 Å². The van der Waals surface area contributed by atoms with E-state index in [9.17, 15) is 4.79 Å². The standard InChI is InChI=1S/C21H34BrN3O2/c1-2-21(9-5-3-6-10-21)25-15-17-13-16(14-18(22)19(17)23)20(27)24-11-7-4-8-12-26/h13-14,25-26H,2-12,15,23H2,1H3,(H,24,27). The summed E-state index contributed by atoms with van der Waals surface area (Å²) >= 11 is 3.50. The van der Waals surface area contributed by atoms with E-state index < -0.39 is 0 Å². The van der Waals surface area contributed by atoms with Crippen LogP contribution in [0.15, 0.2) is 16.6 Å². The van der Waals surface area contributed by atoms with Crippen molar-refractivity contribution >= 4 is 27.5 Å². The van der Waals surface area contributed by atoms with E-state index in [4.69, 9.17) is 10.8 Å². The molecule has 1 aliphatic carbocycles. The first-order valence-corrected chi connectivity index (χ1v) is 11.0. The summed E-state index contributed by atoms with van der Waals surface area (Å²) < 4.78 is 0.765. The van der Waals surface area contributed by atoms with Crippen molar-refractivity contribution < 1.29 is 9.90 Å². The van der Waals surface area contributed by atoms with Crippen LogP contribution < -0.4 is 16.4 Å². The molecule has 0 unspecified atom stereocenters. The van der Waals surface area contributed by atoms with Crippen LogP contribution in [-0.2, 0) is 6.54 Å². The molecule has 27 heavy (non-hydrogen) atoms. The van der Waals surface area contributed by atoms with Gasteiger partial charge in [0.05, 0.1) is 5.69 Å². The fraction of sp³-hybridized carbons (Fsp3) is 0.667. The van der Waals surface area contributed by atoms with Gasteiger partial charge in [-0.3, -0.25) is 4.79 Å². The first kappa shape index (κ1) is 22.2. The highest BCUT2D eigenvalue weighted by atomic mass is 79.9. The molecule has 1 aromatic rings. The summed E-state index contributed by atoms with van der Waals surface area (Å²) in [4.78, 5) is 12.5. The molecule has 0 atom stereocenters. The van der Waals surface area contributed by atoms with Crippen LogP contribution in [0.1, 0.15) is 80.6 Å². The van der Waals surface area contributed by atoms with Crippen LogP contribution in [0.5, 0.6) is 0 Å². The zero-order chi connectivity index (χ0) is 19.7. The van der Waals surface area contributed by atoms with E-state index in [2.05, 4.69) is 33.5 Å². The second-order valence-electron chi connectivity index (χ2n) is 7.62. The molecule has 0 spiro atoms. The third-order valence-corrected chi connectivity index (χ3v) is 6.40. The summed E-state index contributed by atoms with van der Waals surface area (Å²) in [6.07, 6.45) is 9.96. The lowest BCUT2D eigenvalue weighted by molar-refractivity contribution is 0.0952. The average Bonchev–Trinajstić information content (AvgIpc) is 2.69. The van der Waals surface area contributed by atoms with Gasteiger partial charge in [0.2, 0.25) is 0 Å². The number of rotatable bonds is 10. The van der Waals surface area contributed by atoms with Crippen molar-refractivity contribution in [1.82, 2.24) is 10.6 Å². The van der Waals surface area contributed by atoms with Crippen molar-refractivity contribution in [1.29, 1.82) is 0 Å². The Balaban J connectivity index is 2.00. The number of nitrogen functional groups attached to an aromatic ring is 1. The molecule has 0 saturated heterocycles. The quantitative estimate of drug-likeness (QED) is 0.326. The second kappa shape index (κ2) is 11.0. The third kappa shape index (κ3) is 6.47. The second-order valence-corrected chi connectivity index (χ2v) is 8.47. The maximum Gasteiger partial charge on any atom is 0.251 e. The van der Waals surface area contributed by atoms with Crippen molar-refractivity contribution in [2.75, 3.05) is 18.9 Å². The summed E-state index contributed by atoms with van der Waals surface area (Å²) in [5, 5.41) is 15.5. The van der Waals surface area contributed by atoms with Gasteiger partial charge in [-0.05, 0) is 72.2 Å². The molecular weight excluding hydrogens is 406 g/mol. The molecule has 0 radical (unpaired) electrons. The zero-order valence-corrected chi connectivity index (χ0v) is 18.0. The smallest absolute Gasteiger partial charge is 0.251 e. The zero-order valence-electron chi connectivity index (χ0n) is 16.5. The predicted molar refractivity (Wildman–Crippen MR) is 115 cm³/mol. The Kier molecular flexibility index (Phi) is 9.06. The van der Waals surface area contributed by atoms with E-state index in [1.54, 1.807) is 6.07 Å². The summed E-state index contributed by atoms with van der Waals surface area (Å²) in [6.45, 7) is 3.75. The topological polar surface area (TPSA) is 87.4 Å². The van der Waals surface area contributed by atoms with Crippen LogP contribution in [0.2, 0.25) is 0 Å². The van der Waals surface area contributed by atoms with E-state index >= 15 is 0 Å². The first-order chi connectivity index (χ1) is 13.0. The molecule has 0 bridgehead atoms. The van der Waals surface area contributed by atoms with Gasteiger partial charge in [0.25, 0.3) is 5.91 Å². The molecule has 6 heteroatoms. The average molecular weight is 440 g/mol. The van der Waals surface area contributed by atoms with E-state index in [-0.39, 0.29) is 18.1 Å². The number of carbonyl (C=O) groups is 1. The van der Waals surface area contributed by atoms with Crippen molar-refractivity contribution in [3.05, 3.63) is 27.7 Å². The Morgan fingerprint density at radius 3 is 2.63 bits per heavy atom. The number of unbranched alkanes of at least 4 members (excludes halogenated alkanes) is 2.